The Morgan fingerprint density at radius 1 is 1.24 bits per heavy atom. The fourth-order valence-electron chi connectivity index (χ4n) is 1.58. The number of para-hydroxylation sites is 1. The molecule has 1 heterocycles. The van der Waals surface area contributed by atoms with E-state index in [2.05, 4.69) is 25.6 Å². The van der Waals surface area contributed by atoms with Crippen molar-refractivity contribution in [1.82, 2.24) is 15.0 Å². The molecule has 1 amide bonds. The predicted molar refractivity (Wildman–Crippen MR) is 79.2 cm³/mol. The highest BCUT2D eigenvalue weighted by Crippen LogP contribution is 2.09. The van der Waals surface area contributed by atoms with Crippen LogP contribution in [0, 0.1) is 0 Å². The fraction of sp³-hybridized carbons (Fsp3) is 0.286. The Morgan fingerprint density at radius 2 is 1.95 bits per heavy atom. The quantitative estimate of drug-likeness (QED) is 0.840. The number of rotatable bonds is 6. The summed E-state index contributed by atoms with van der Waals surface area (Å²) in [5.74, 6) is 1.18. The molecule has 2 rings (SSSR count). The second-order valence-electron chi connectivity index (χ2n) is 4.48. The third-order valence-electron chi connectivity index (χ3n) is 2.48. The van der Waals surface area contributed by atoms with Gasteiger partial charge in [0.25, 0.3) is 0 Å². The molecule has 0 spiro atoms. The van der Waals surface area contributed by atoms with Crippen molar-refractivity contribution in [2.75, 3.05) is 17.2 Å². The van der Waals surface area contributed by atoms with Gasteiger partial charge in [-0.1, -0.05) is 18.2 Å². The maximum atomic E-state index is 11.0. The number of hydrogen-bond acceptors (Lipinski definition) is 6. The van der Waals surface area contributed by atoms with Gasteiger partial charge in [0, 0.05) is 6.92 Å². The first-order chi connectivity index (χ1) is 10.1. The molecule has 1 unspecified atom stereocenters. The van der Waals surface area contributed by atoms with Crippen LogP contribution in [0.15, 0.2) is 36.7 Å². The first-order valence-electron chi connectivity index (χ1n) is 6.54. The third-order valence-corrected chi connectivity index (χ3v) is 2.48. The van der Waals surface area contributed by atoms with E-state index in [0.29, 0.717) is 12.6 Å². The van der Waals surface area contributed by atoms with Crippen LogP contribution in [-0.4, -0.2) is 33.5 Å². The van der Waals surface area contributed by atoms with E-state index < -0.39 is 0 Å². The van der Waals surface area contributed by atoms with Gasteiger partial charge in [-0.05, 0) is 19.1 Å². The Morgan fingerprint density at radius 3 is 2.67 bits per heavy atom. The summed E-state index contributed by atoms with van der Waals surface area (Å²) >= 11 is 0. The van der Waals surface area contributed by atoms with Gasteiger partial charge in [-0.2, -0.15) is 4.98 Å². The van der Waals surface area contributed by atoms with Crippen molar-refractivity contribution in [3.63, 3.8) is 0 Å². The monoisotopic (exact) mass is 287 g/mol. The summed E-state index contributed by atoms with van der Waals surface area (Å²) in [6, 6.07) is 9.55. The van der Waals surface area contributed by atoms with Gasteiger partial charge in [0.15, 0.2) is 0 Å². The van der Waals surface area contributed by atoms with Crippen molar-refractivity contribution >= 4 is 17.8 Å². The Hall–Kier alpha value is -2.70. The molecule has 0 saturated carbocycles. The standard InChI is InChI=1S/C14H17N5O2/c1-10(8-21-12-6-4-3-5-7-12)17-13-15-9-16-14(19-13)18-11(2)20/h3-7,9-10H,8H2,1-2H3,(H2,15,16,17,18,19,20). The molecule has 21 heavy (non-hydrogen) atoms. The molecule has 0 bridgehead atoms. The lowest BCUT2D eigenvalue weighted by atomic mass is 10.3. The molecule has 0 aliphatic heterocycles. The van der Waals surface area contributed by atoms with Gasteiger partial charge in [-0.3, -0.25) is 10.1 Å². The molecule has 7 heteroatoms. The van der Waals surface area contributed by atoms with Crippen LogP contribution >= 0.6 is 0 Å². The number of hydrogen-bond donors (Lipinski definition) is 2. The van der Waals surface area contributed by atoms with Crippen molar-refractivity contribution in [1.29, 1.82) is 0 Å². The van der Waals surface area contributed by atoms with Gasteiger partial charge < -0.3 is 10.1 Å². The van der Waals surface area contributed by atoms with E-state index >= 15 is 0 Å². The fourth-order valence-corrected chi connectivity index (χ4v) is 1.58. The van der Waals surface area contributed by atoms with E-state index in [-0.39, 0.29) is 17.9 Å². The lowest BCUT2D eigenvalue weighted by molar-refractivity contribution is -0.114. The zero-order chi connectivity index (χ0) is 15.1. The summed E-state index contributed by atoms with van der Waals surface area (Å²) < 4.78 is 5.63. The van der Waals surface area contributed by atoms with Crippen LogP contribution in [0.25, 0.3) is 0 Å². The second kappa shape index (κ2) is 7.18. The molecule has 2 aromatic rings. The van der Waals surface area contributed by atoms with Gasteiger partial charge in [0.1, 0.15) is 18.7 Å². The third kappa shape index (κ3) is 5.06. The van der Waals surface area contributed by atoms with E-state index in [1.165, 1.54) is 13.3 Å². The smallest absolute Gasteiger partial charge is 0.234 e. The molecular formula is C14H17N5O2. The van der Waals surface area contributed by atoms with Crippen molar-refractivity contribution < 1.29 is 9.53 Å². The van der Waals surface area contributed by atoms with Crippen LogP contribution in [0.2, 0.25) is 0 Å². The molecule has 2 N–H and O–H groups in total. The summed E-state index contributed by atoms with van der Waals surface area (Å²) in [4.78, 5) is 22.9. The molecule has 0 saturated heterocycles. The summed E-state index contributed by atoms with van der Waals surface area (Å²) in [5.41, 5.74) is 0. The molecular weight excluding hydrogens is 270 g/mol. The minimum Gasteiger partial charge on any atom is -0.491 e. The topological polar surface area (TPSA) is 89.0 Å². The van der Waals surface area contributed by atoms with E-state index in [4.69, 9.17) is 4.74 Å². The zero-order valence-corrected chi connectivity index (χ0v) is 11.9. The van der Waals surface area contributed by atoms with Crippen molar-refractivity contribution in [2.45, 2.75) is 19.9 Å². The number of ether oxygens (including phenoxy) is 1. The van der Waals surface area contributed by atoms with Gasteiger partial charge >= 0.3 is 0 Å². The summed E-state index contributed by atoms with van der Waals surface area (Å²) in [7, 11) is 0. The summed E-state index contributed by atoms with van der Waals surface area (Å²) in [5, 5.41) is 5.59. The van der Waals surface area contributed by atoms with Crippen molar-refractivity contribution in [3.05, 3.63) is 36.7 Å². The van der Waals surface area contributed by atoms with E-state index in [0.717, 1.165) is 5.75 Å². The Kier molecular flexibility index (Phi) is 5.03. The first kappa shape index (κ1) is 14.7. The van der Waals surface area contributed by atoms with Gasteiger partial charge in [-0.25, -0.2) is 9.97 Å². The number of benzene rings is 1. The van der Waals surface area contributed by atoms with Gasteiger partial charge in [0.05, 0.1) is 6.04 Å². The van der Waals surface area contributed by atoms with Crippen LogP contribution in [0.5, 0.6) is 5.75 Å². The van der Waals surface area contributed by atoms with Crippen LogP contribution in [0.1, 0.15) is 13.8 Å². The molecule has 7 nitrogen and oxygen atoms in total. The second-order valence-corrected chi connectivity index (χ2v) is 4.48. The average Bonchev–Trinajstić information content (AvgIpc) is 2.46. The number of anilines is 2. The molecule has 1 atom stereocenters. The number of nitrogens with zero attached hydrogens (tertiary/aromatic N) is 3. The van der Waals surface area contributed by atoms with Crippen LogP contribution in [0.3, 0.4) is 0 Å². The van der Waals surface area contributed by atoms with Crippen molar-refractivity contribution in [2.24, 2.45) is 0 Å². The van der Waals surface area contributed by atoms with E-state index in [9.17, 15) is 4.79 Å². The number of carbonyl (C=O) groups is 1. The molecule has 0 radical (unpaired) electrons. The van der Waals surface area contributed by atoms with E-state index in [1.807, 2.05) is 37.3 Å². The van der Waals surface area contributed by atoms with Crippen LogP contribution in [0.4, 0.5) is 11.9 Å². The lowest BCUT2D eigenvalue weighted by Gasteiger charge is -2.15. The highest BCUT2D eigenvalue weighted by Gasteiger charge is 2.07. The minimum absolute atomic E-state index is 0.00205. The Labute approximate surface area is 122 Å². The number of aromatic nitrogens is 3. The van der Waals surface area contributed by atoms with Crippen LogP contribution in [-0.2, 0) is 4.79 Å². The van der Waals surface area contributed by atoms with Gasteiger partial charge in [0.2, 0.25) is 17.8 Å². The highest BCUT2D eigenvalue weighted by molar-refractivity contribution is 5.86. The first-order valence-corrected chi connectivity index (χ1v) is 6.54. The maximum Gasteiger partial charge on any atom is 0.234 e. The summed E-state index contributed by atoms with van der Waals surface area (Å²) in [6.07, 6.45) is 1.34. The zero-order valence-electron chi connectivity index (χ0n) is 11.9. The molecule has 1 aromatic heterocycles. The lowest BCUT2D eigenvalue weighted by Crippen LogP contribution is -2.25. The number of carbonyl (C=O) groups excluding carboxylic acids is 1. The van der Waals surface area contributed by atoms with Crippen LogP contribution < -0.4 is 15.4 Å². The maximum absolute atomic E-state index is 11.0. The Balaban J connectivity index is 1.87. The largest absolute Gasteiger partial charge is 0.491 e. The molecule has 0 aliphatic rings. The molecule has 1 aromatic carbocycles. The predicted octanol–water partition coefficient (Wildman–Crippen LogP) is 1.71. The minimum atomic E-state index is -0.229. The molecule has 110 valence electrons. The Bertz CT molecular complexity index is 591. The summed E-state index contributed by atoms with van der Waals surface area (Å²) in [6.45, 7) is 3.81. The number of nitrogens with one attached hydrogen (secondary N) is 2. The van der Waals surface area contributed by atoms with Gasteiger partial charge in [-0.15, -0.1) is 0 Å². The SMILES string of the molecule is CC(=O)Nc1ncnc(NC(C)COc2ccccc2)n1. The molecule has 0 fully saturated rings. The number of amides is 1. The normalized spacial score (nSPS) is 11.5. The van der Waals surface area contributed by atoms with Crippen molar-refractivity contribution in [3.8, 4) is 5.75 Å². The highest BCUT2D eigenvalue weighted by atomic mass is 16.5. The molecule has 0 aliphatic carbocycles. The van der Waals surface area contributed by atoms with E-state index in [1.54, 1.807) is 0 Å². The average molecular weight is 287 g/mol.